The maximum absolute atomic E-state index is 10.1. The fourth-order valence-electron chi connectivity index (χ4n) is 0.951. The van der Waals surface area contributed by atoms with Crippen molar-refractivity contribution in [1.82, 2.24) is 0 Å². The summed E-state index contributed by atoms with van der Waals surface area (Å²) in [7, 11) is 0. The van der Waals surface area contributed by atoms with E-state index in [1.165, 1.54) is 6.08 Å². The van der Waals surface area contributed by atoms with Crippen LogP contribution in [0.4, 0.5) is 0 Å². The van der Waals surface area contributed by atoms with Crippen molar-refractivity contribution in [3.8, 4) is 0 Å². The Kier molecular flexibility index (Phi) is 4.00. The van der Waals surface area contributed by atoms with Gasteiger partial charge in [0.15, 0.2) is 0 Å². The molecule has 0 heterocycles. The van der Waals surface area contributed by atoms with Crippen LogP contribution in [0.5, 0.6) is 0 Å². The van der Waals surface area contributed by atoms with Gasteiger partial charge < -0.3 is 0 Å². The maximum atomic E-state index is 10.1. The first-order valence-electron chi connectivity index (χ1n) is 3.74. The number of alkyl halides is 1. The van der Waals surface area contributed by atoms with Crippen molar-refractivity contribution in [2.24, 2.45) is 0 Å². The Morgan fingerprint density at radius 3 is 2.77 bits per heavy atom. The summed E-state index contributed by atoms with van der Waals surface area (Å²) in [6, 6.07) is 5.46. The Morgan fingerprint density at radius 1 is 1.38 bits per heavy atom. The molecule has 13 heavy (non-hydrogen) atoms. The van der Waals surface area contributed by atoms with Crippen LogP contribution in [0.3, 0.4) is 0 Å². The van der Waals surface area contributed by atoms with Gasteiger partial charge in [-0.15, -0.1) is 11.6 Å². The first-order chi connectivity index (χ1) is 6.27. The van der Waals surface area contributed by atoms with Crippen LogP contribution in [0.1, 0.15) is 11.1 Å². The lowest BCUT2D eigenvalue weighted by Crippen LogP contribution is -1.81. The molecule has 0 saturated heterocycles. The monoisotopic (exact) mass is 214 g/mol. The van der Waals surface area contributed by atoms with E-state index in [9.17, 15) is 4.79 Å². The standard InChI is InChI=1S/C10H8Cl2O/c11-7-9-6-8(2-1-5-13)3-4-10(9)12/h1-6H,7H2. The molecule has 1 aromatic rings. The van der Waals surface area contributed by atoms with Crippen LogP contribution in [-0.2, 0) is 10.7 Å². The molecule has 0 amide bonds. The SMILES string of the molecule is O=CC=Cc1ccc(Cl)c(CCl)c1. The third-order valence-electron chi connectivity index (χ3n) is 1.58. The molecular weight excluding hydrogens is 207 g/mol. The highest BCUT2D eigenvalue weighted by Crippen LogP contribution is 2.19. The Labute approximate surface area is 87.0 Å². The molecule has 3 heteroatoms. The van der Waals surface area contributed by atoms with Gasteiger partial charge in [-0.2, -0.15) is 0 Å². The number of benzene rings is 1. The summed E-state index contributed by atoms with van der Waals surface area (Å²) in [5.41, 5.74) is 1.79. The summed E-state index contributed by atoms with van der Waals surface area (Å²) < 4.78 is 0. The molecule has 0 aliphatic rings. The lowest BCUT2D eigenvalue weighted by atomic mass is 10.1. The van der Waals surface area contributed by atoms with E-state index in [1.807, 2.05) is 12.1 Å². The van der Waals surface area contributed by atoms with Crippen LogP contribution in [0.25, 0.3) is 6.08 Å². The molecule has 0 unspecified atom stereocenters. The lowest BCUT2D eigenvalue weighted by molar-refractivity contribution is -0.104. The predicted octanol–water partition coefficient (Wildman–Crippen LogP) is 3.29. The van der Waals surface area contributed by atoms with Crippen LogP contribution in [-0.4, -0.2) is 6.29 Å². The lowest BCUT2D eigenvalue weighted by Gasteiger charge is -2.00. The Bertz CT molecular complexity index is 332. The van der Waals surface area contributed by atoms with Crippen molar-refractivity contribution in [3.63, 3.8) is 0 Å². The molecule has 0 saturated carbocycles. The van der Waals surface area contributed by atoms with Gasteiger partial charge in [-0.25, -0.2) is 0 Å². The van der Waals surface area contributed by atoms with E-state index in [4.69, 9.17) is 23.2 Å². The first-order valence-corrected chi connectivity index (χ1v) is 4.65. The minimum Gasteiger partial charge on any atom is -0.299 e. The molecular formula is C10H8Cl2O. The van der Waals surface area contributed by atoms with Gasteiger partial charge >= 0.3 is 0 Å². The molecule has 0 N–H and O–H groups in total. The number of carbonyl (C=O) groups is 1. The molecule has 0 radical (unpaired) electrons. The molecule has 0 aliphatic heterocycles. The molecule has 0 aromatic heterocycles. The van der Waals surface area contributed by atoms with Crippen LogP contribution < -0.4 is 0 Å². The summed E-state index contributed by atoms with van der Waals surface area (Å²) in [4.78, 5) is 10.1. The number of hydrogen-bond donors (Lipinski definition) is 0. The van der Waals surface area contributed by atoms with Gasteiger partial charge in [0.1, 0.15) is 6.29 Å². The Balaban J connectivity index is 2.99. The largest absolute Gasteiger partial charge is 0.299 e. The van der Waals surface area contributed by atoms with E-state index in [0.29, 0.717) is 10.9 Å². The maximum Gasteiger partial charge on any atom is 0.142 e. The number of carbonyl (C=O) groups excluding carboxylic acids is 1. The van der Waals surface area contributed by atoms with Gasteiger partial charge in [0.25, 0.3) is 0 Å². The highest BCUT2D eigenvalue weighted by molar-refractivity contribution is 6.32. The average Bonchev–Trinajstić information content (AvgIpc) is 2.16. The zero-order valence-corrected chi connectivity index (χ0v) is 8.35. The third-order valence-corrected chi connectivity index (χ3v) is 2.24. The minimum absolute atomic E-state index is 0.377. The van der Waals surface area contributed by atoms with Crippen LogP contribution >= 0.6 is 23.2 Å². The second kappa shape index (κ2) is 5.05. The van der Waals surface area contributed by atoms with E-state index in [1.54, 1.807) is 12.1 Å². The van der Waals surface area contributed by atoms with Crippen molar-refractivity contribution in [3.05, 3.63) is 40.4 Å². The average molecular weight is 215 g/mol. The van der Waals surface area contributed by atoms with Gasteiger partial charge in [-0.1, -0.05) is 23.7 Å². The van der Waals surface area contributed by atoms with Gasteiger partial charge in [-0.3, -0.25) is 4.79 Å². The Morgan fingerprint density at radius 2 is 2.15 bits per heavy atom. The van der Waals surface area contributed by atoms with Crippen molar-refractivity contribution in [1.29, 1.82) is 0 Å². The summed E-state index contributed by atoms with van der Waals surface area (Å²) in [6.07, 6.45) is 3.87. The van der Waals surface area contributed by atoms with Crippen LogP contribution in [0.15, 0.2) is 24.3 Å². The molecule has 1 nitrogen and oxygen atoms in total. The number of hydrogen-bond acceptors (Lipinski definition) is 1. The van der Waals surface area contributed by atoms with Gasteiger partial charge in [0, 0.05) is 10.9 Å². The molecule has 0 fully saturated rings. The molecule has 68 valence electrons. The summed E-state index contributed by atoms with van der Waals surface area (Å²) in [6.45, 7) is 0. The number of allylic oxidation sites excluding steroid dienone is 1. The highest BCUT2D eigenvalue weighted by Gasteiger charge is 1.98. The molecule has 1 rings (SSSR count). The Hall–Kier alpha value is -0.790. The molecule has 0 bridgehead atoms. The van der Waals surface area contributed by atoms with E-state index < -0.39 is 0 Å². The van der Waals surface area contributed by atoms with E-state index >= 15 is 0 Å². The second-order valence-corrected chi connectivity index (χ2v) is 3.15. The summed E-state index contributed by atoms with van der Waals surface area (Å²) in [5, 5.41) is 0.651. The highest BCUT2D eigenvalue weighted by atomic mass is 35.5. The molecule has 1 aromatic carbocycles. The zero-order chi connectivity index (χ0) is 9.68. The van der Waals surface area contributed by atoms with Crippen molar-refractivity contribution in [2.75, 3.05) is 0 Å². The van der Waals surface area contributed by atoms with Crippen molar-refractivity contribution in [2.45, 2.75) is 5.88 Å². The first kappa shape index (κ1) is 10.3. The zero-order valence-electron chi connectivity index (χ0n) is 6.84. The predicted molar refractivity (Wildman–Crippen MR) is 56.1 cm³/mol. The fraction of sp³-hybridized carbons (Fsp3) is 0.100. The minimum atomic E-state index is 0.377. The van der Waals surface area contributed by atoms with Crippen molar-refractivity contribution >= 4 is 35.6 Å². The molecule has 0 aliphatic carbocycles. The van der Waals surface area contributed by atoms with Crippen LogP contribution in [0, 0.1) is 0 Å². The number of halogens is 2. The normalized spacial score (nSPS) is 10.6. The smallest absolute Gasteiger partial charge is 0.142 e. The van der Waals surface area contributed by atoms with Gasteiger partial charge in [-0.05, 0) is 29.3 Å². The quantitative estimate of drug-likeness (QED) is 0.429. The fourth-order valence-corrected chi connectivity index (χ4v) is 1.43. The van der Waals surface area contributed by atoms with E-state index in [-0.39, 0.29) is 0 Å². The molecule has 0 atom stereocenters. The summed E-state index contributed by atoms with van der Waals surface area (Å²) in [5.74, 6) is 0.377. The molecule has 0 spiro atoms. The van der Waals surface area contributed by atoms with E-state index in [2.05, 4.69) is 0 Å². The van der Waals surface area contributed by atoms with Gasteiger partial charge in [0.2, 0.25) is 0 Å². The van der Waals surface area contributed by atoms with Gasteiger partial charge in [0.05, 0.1) is 0 Å². The van der Waals surface area contributed by atoms with E-state index in [0.717, 1.165) is 17.4 Å². The van der Waals surface area contributed by atoms with Crippen LogP contribution in [0.2, 0.25) is 5.02 Å². The topological polar surface area (TPSA) is 17.1 Å². The summed E-state index contributed by atoms with van der Waals surface area (Å²) >= 11 is 11.5. The third kappa shape index (κ3) is 2.87. The number of rotatable bonds is 3. The number of aldehydes is 1. The second-order valence-electron chi connectivity index (χ2n) is 2.48. The van der Waals surface area contributed by atoms with Crippen molar-refractivity contribution < 1.29 is 4.79 Å².